The lowest BCUT2D eigenvalue weighted by atomic mass is 10.0. The van der Waals surface area contributed by atoms with E-state index in [1.54, 1.807) is 11.6 Å². The van der Waals surface area contributed by atoms with E-state index in [2.05, 4.69) is 29.2 Å². The van der Waals surface area contributed by atoms with Crippen molar-refractivity contribution in [2.75, 3.05) is 12.4 Å². The second-order valence-corrected chi connectivity index (χ2v) is 6.53. The molecule has 0 spiro atoms. The fourth-order valence-electron chi connectivity index (χ4n) is 2.84. The maximum atomic E-state index is 14.1. The van der Waals surface area contributed by atoms with Crippen LogP contribution in [-0.4, -0.2) is 27.8 Å². The Hall–Kier alpha value is -3.29. The molecule has 146 valence electrons. The van der Waals surface area contributed by atoms with E-state index < -0.39 is 17.5 Å². The molecular formula is C20H20F2N4O2. The molecule has 0 aliphatic carbocycles. The van der Waals surface area contributed by atoms with Crippen molar-refractivity contribution in [3.8, 4) is 11.4 Å². The molecule has 0 saturated carbocycles. The van der Waals surface area contributed by atoms with Crippen LogP contribution in [0.4, 0.5) is 14.5 Å². The van der Waals surface area contributed by atoms with Gasteiger partial charge in [0.1, 0.15) is 5.82 Å². The number of nitrogens with zero attached hydrogens (tertiary/aromatic N) is 3. The summed E-state index contributed by atoms with van der Waals surface area (Å²) < 4.78 is 34.2. The van der Waals surface area contributed by atoms with Crippen molar-refractivity contribution in [2.45, 2.75) is 26.7 Å². The van der Waals surface area contributed by atoms with E-state index in [1.807, 2.05) is 24.3 Å². The van der Waals surface area contributed by atoms with E-state index in [9.17, 15) is 13.6 Å². The van der Waals surface area contributed by atoms with Crippen LogP contribution in [0.1, 0.15) is 41.8 Å². The first-order valence-corrected chi connectivity index (χ1v) is 8.69. The number of hydrogen-bond donors (Lipinski definition) is 1. The molecule has 1 amide bonds. The second-order valence-electron chi connectivity index (χ2n) is 6.53. The highest BCUT2D eigenvalue weighted by atomic mass is 19.1. The summed E-state index contributed by atoms with van der Waals surface area (Å²) in [6, 6.07) is 9.38. The Morgan fingerprint density at radius 2 is 1.89 bits per heavy atom. The molecule has 0 fully saturated rings. The normalized spacial score (nSPS) is 11.0. The maximum absolute atomic E-state index is 14.1. The third kappa shape index (κ3) is 3.71. The number of carbonyl (C=O) groups is 1. The molecule has 0 atom stereocenters. The Bertz CT molecular complexity index is 1030. The van der Waals surface area contributed by atoms with Gasteiger partial charge in [0.05, 0.1) is 18.5 Å². The zero-order valence-electron chi connectivity index (χ0n) is 16.0. The topological polar surface area (TPSA) is 69.0 Å². The van der Waals surface area contributed by atoms with Crippen molar-refractivity contribution in [2.24, 2.45) is 0 Å². The number of rotatable bonds is 5. The third-order valence-corrected chi connectivity index (χ3v) is 4.25. The third-order valence-electron chi connectivity index (χ3n) is 4.25. The van der Waals surface area contributed by atoms with Gasteiger partial charge in [-0.3, -0.25) is 4.79 Å². The van der Waals surface area contributed by atoms with Crippen molar-refractivity contribution in [3.05, 3.63) is 65.2 Å². The molecule has 1 N–H and O–H groups in total. The predicted octanol–water partition coefficient (Wildman–Crippen LogP) is 4.24. The minimum absolute atomic E-state index is 0.147. The SMILES string of the molecule is COc1cc(F)c(NC(=O)c2nc(C)n(-c3ccccc3C(C)C)n2)cc1F. The number of hydrogen-bond acceptors (Lipinski definition) is 4. The zero-order chi connectivity index (χ0) is 20.4. The highest BCUT2D eigenvalue weighted by Gasteiger charge is 2.20. The van der Waals surface area contributed by atoms with Gasteiger partial charge in [-0.25, -0.2) is 18.4 Å². The molecule has 28 heavy (non-hydrogen) atoms. The Kier molecular flexibility index (Phi) is 5.39. The van der Waals surface area contributed by atoms with Gasteiger partial charge in [-0.15, -0.1) is 5.10 Å². The van der Waals surface area contributed by atoms with E-state index in [0.717, 1.165) is 23.4 Å². The Labute approximate surface area is 161 Å². The number of aromatic nitrogens is 3. The summed E-state index contributed by atoms with van der Waals surface area (Å²) in [6.45, 7) is 5.83. The minimum Gasteiger partial charge on any atom is -0.494 e. The van der Waals surface area contributed by atoms with Crippen molar-refractivity contribution in [1.82, 2.24) is 14.8 Å². The number of aryl methyl sites for hydroxylation is 1. The van der Waals surface area contributed by atoms with E-state index in [-0.39, 0.29) is 23.2 Å². The largest absolute Gasteiger partial charge is 0.494 e. The fourth-order valence-corrected chi connectivity index (χ4v) is 2.84. The van der Waals surface area contributed by atoms with Crippen LogP contribution in [0.3, 0.4) is 0 Å². The van der Waals surface area contributed by atoms with Gasteiger partial charge >= 0.3 is 0 Å². The molecule has 1 aromatic heterocycles. The number of carbonyl (C=O) groups excluding carboxylic acids is 1. The second kappa shape index (κ2) is 7.75. The first kappa shape index (κ1) is 19.5. The molecule has 0 saturated heterocycles. The molecule has 8 heteroatoms. The van der Waals surface area contributed by atoms with Crippen LogP contribution in [-0.2, 0) is 0 Å². The summed E-state index contributed by atoms with van der Waals surface area (Å²) in [6.07, 6.45) is 0. The standard InChI is InChI=1S/C20H20F2N4O2/c1-11(2)13-7-5-6-8-17(13)26-12(3)23-19(25-26)20(27)24-16-9-15(22)18(28-4)10-14(16)21/h5-11H,1-4H3,(H,24,27). The Morgan fingerprint density at radius 3 is 2.57 bits per heavy atom. The van der Waals surface area contributed by atoms with E-state index in [0.29, 0.717) is 5.82 Å². The Morgan fingerprint density at radius 1 is 1.18 bits per heavy atom. The number of amides is 1. The number of ether oxygens (including phenoxy) is 1. The summed E-state index contributed by atoms with van der Waals surface area (Å²) in [5.74, 6) is -2.02. The van der Waals surface area contributed by atoms with Crippen LogP contribution in [0.25, 0.3) is 5.69 Å². The van der Waals surface area contributed by atoms with Crippen molar-refractivity contribution < 1.29 is 18.3 Å². The van der Waals surface area contributed by atoms with Crippen molar-refractivity contribution in [3.63, 3.8) is 0 Å². The summed E-state index contributed by atoms with van der Waals surface area (Å²) in [7, 11) is 1.23. The van der Waals surface area contributed by atoms with Gasteiger partial charge in [-0.1, -0.05) is 32.0 Å². The molecular weight excluding hydrogens is 366 g/mol. The van der Waals surface area contributed by atoms with Gasteiger partial charge < -0.3 is 10.1 Å². The van der Waals surface area contributed by atoms with Gasteiger partial charge in [-0.05, 0) is 24.5 Å². The fraction of sp³-hybridized carbons (Fsp3) is 0.250. The lowest BCUT2D eigenvalue weighted by Gasteiger charge is -2.12. The molecule has 0 aliphatic heterocycles. The summed E-state index contributed by atoms with van der Waals surface area (Å²) in [5, 5.41) is 6.56. The molecule has 0 bridgehead atoms. The highest BCUT2D eigenvalue weighted by Crippen LogP contribution is 2.26. The maximum Gasteiger partial charge on any atom is 0.295 e. The molecule has 2 aromatic carbocycles. The number of benzene rings is 2. The van der Waals surface area contributed by atoms with E-state index in [1.165, 1.54) is 7.11 Å². The van der Waals surface area contributed by atoms with Crippen LogP contribution < -0.4 is 10.1 Å². The minimum atomic E-state index is -0.826. The van der Waals surface area contributed by atoms with Crippen LogP contribution in [0.5, 0.6) is 5.75 Å². The monoisotopic (exact) mass is 386 g/mol. The smallest absolute Gasteiger partial charge is 0.295 e. The number of nitrogens with one attached hydrogen (secondary N) is 1. The number of para-hydroxylation sites is 1. The quantitative estimate of drug-likeness (QED) is 0.712. The Balaban J connectivity index is 1.92. The molecule has 1 heterocycles. The predicted molar refractivity (Wildman–Crippen MR) is 101 cm³/mol. The van der Waals surface area contributed by atoms with Crippen molar-refractivity contribution >= 4 is 11.6 Å². The lowest BCUT2D eigenvalue weighted by Crippen LogP contribution is -2.15. The van der Waals surface area contributed by atoms with E-state index in [4.69, 9.17) is 4.74 Å². The van der Waals surface area contributed by atoms with Crippen LogP contribution in [0.15, 0.2) is 36.4 Å². The van der Waals surface area contributed by atoms with Gasteiger partial charge in [-0.2, -0.15) is 0 Å². The summed E-state index contributed by atoms with van der Waals surface area (Å²) >= 11 is 0. The number of methoxy groups -OCH3 is 1. The molecule has 0 unspecified atom stereocenters. The lowest BCUT2D eigenvalue weighted by molar-refractivity contribution is 0.101. The molecule has 3 aromatic rings. The first-order chi connectivity index (χ1) is 13.3. The van der Waals surface area contributed by atoms with Gasteiger partial charge in [0.2, 0.25) is 5.82 Å². The van der Waals surface area contributed by atoms with Gasteiger partial charge in [0.15, 0.2) is 17.4 Å². The van der Waals surface area contributed by atoms with Gasteiger partial charge in [0, 0.05) is 12.1 Å². The average Bonchev–Trinajstić information content (AvgIpc) is 3.06. The molecule has 0 radical (unpaired) electrons. The van der Waals surface area contributed by atoms with Crippen molar-refractivity contribution in [1.29, 1.82) is 0 Å². The molecule has 6 nitrogen and oxygen atoms in total. The van der Waals surface area contributed by atoms with Gasteiger partial charge in [0.25, 0.3) is 5.91 Å². The first-order valence-electron chi connectivity index (χ1n) is 8.69. The number of anilines is 1. The van der Waals surface area contributed by atoms with Crippen LogP contribution >= 0.6 is 0 Å². The summed E-state index contributed by atoms with van der Waals surface area (Å²) in [4.78, 5) is 16.6. The zero-order valence-corrected chi connectivity index (χ0v) is 16.0. The summed E-state index contributed by atoms with van der Waals surface area (Å²) in [5.41, 5.74) is 1.54. The molecule has 0 aliphatic rings. The molecule has 3 rings (SSSR count). The van der Waals surface area contributed by atoms with Crippen LogP contribution in [0, 0.1) is 18.6 Å². The average molecular weight is 386 g/mol. The van der Waals surface area contributed by atoms with E-state index >= 15 is 0 Å². The van der Waals surface area contributed by atoms with Crippen LogP contribution in [0.2, 0.25) is 0 Å². The highest BCUT2D eigenvalue weighted by molar-refractivity contribution is 6.01. The number of halogens is 2.